The summed E-state index contributed by atoms with van der Waals surface area (Å²) in [5, 5.41) is 0. The summed E-state index contributed by atoms with van der Waals surface area (Å²) in [6, 6.07) is 5.11. The third-order valence-corrected chi connectivity index (χ3v) is 6.24. The summed E-state index contributed by atoms with van der Waals surface area (Å²) in [5.41, 5.74) is 2.29. The number of rotatable bonds is 4. The lowest BCUT2D eigenvalue weighted by Crippen LogP contribution is -2.33. The molecule has 2 amide bonds. The molecule has 0 spiro atoms. The number of anilines is 1. The molecule has 0 N–H and O–H groups in total. The largest absolute Gasteiger partial charge is 0.486 e. The van der Waals surface area contributed by atoms with Crippen LogP contribution in [0.1, 0.15) is 60.2 Å². The first kappa shape index (κ1) is 20.7. The molecule has 1 aromatic carbocycles. The van der Waals surface area contributed by atoms with E-state index in [0.29, 0.717) is 67.3 Å². The van der Waals surface area contributed by atoms with Gasteiger partial charge in [0.25, 0.3) is 5.91 Å². The average molecular weight is 437 g/mol. The van der Waals surface area contributed by atoms with Gasteiger partial charge in [0, 0.05) is 29.9 Å². The van der Waals surface area contributed by atoms with Crippen LogP contribution in [0.4, 0.5) is 5.82 Å². The number of aryl methyl sites for hydroxylation is 1. The van der Waals surface area contributed by atoms with Crippen LogP contribution in [0.2, 0.25) is 0 Å². The molecule has 1 saturated heterocycles. The molecular formula is C24H28N4O4. The number of amides is 2. The topological polar surface area (TPSA) is 84.9 Å². The molecular weight excluding hydrogens is 408 g/mol. The quantitative estimate of drug-likeness (QED) is 0.732. The highest BCUT2D eigenvalue weighted by Crippen LogP contribution is 2.37. The van der Waals surface area contributed by atoms with Crippen LogP contribution in [0.15, 0.2) is 18.2 Å². The van der Waals surface area contributed by atoms with Gasteiger partial charge in [-0.3, -0.25) is 14.5 Å². The van der Waals surface area contributed by atoms with Crippen molar-refractivity contribution in [2.45, 2.75) is 46.1 Å². The Balaban J connectivity index is 1.45. The second-order valence-electron chi connectivity index (χ2n) is 9.06. The zero-order chi connectivity index (χ0) is 22.4. The van der Waals surface area contributed by atoms with Gasteiger partial charge in [0.15, 0.2) is 17.3 Å². The van der Waals surface area contributed by atoms with E-state index in [1.165, 1.54) is 0 Å². The van der Waals surface area contributed by atoms with Crippen LogP contribution in [0.5, 0.6) is 11.5 Å². The molecule has 3 aliphatic heterocycles. The van der Waals surface area contributed by atoms with Crippen molar-refractivity contribution in [1.29, 1.82) is 0 Å². The van der Waals surface area contributed by atoms with Gasteiger partial charge in [-0.1, -0.05) is 13.8 Å². The predicted octanol–water partition coefficient (Wildman–Crippen LogP) is 3.08. The molecule has 168 valence electrons. The molecule has 8 heteroatoms. The highest BCUT2D eigenvalue weighted by molar-refractivity contribution is 6.00. The maximum absolute atomic E-state index is 13.4. The number of hydrogen-bond donors (Lipinski definition) is 0. The average Bonchev–Trinajstić information content (AvgIpc) is 3.38. The van der Waals surface area contributed by atoms with Crippen LogP contribution in [0.3, 0.4) is 0 Å². The first-order valence-corrected chi connectivity index (χ1v) is 11.3. The summed E-state index contributed by atoms with van der Waals surface area (Å²) in [6.45, 7) is 8.37. The van der Waals surface area contributed by atoms with Gasteiger partial charge in [-0.2, -0.15) is 0 Å². The highest BCUT2D eigenvalue weighted by Gasteiger charge is 2.37. The highest BCUT2D eigenvalue weighted by atomic mass is 16.6. The molecule has 2 aromatic rings. The number of hydrogen-bond acceptors (Lipinski definition) is 6. The Morgan fingerprint density at radius 1 is 1.19 bits per heavy atom. The zero-order valence-electron chi connectivity index (χ0n) is 18.8. The minimum absolute atomic E-state index is 0.0682. The van der Waals surface area contributed by atoms with Gasteiger partial charge in [0.2, 0.25) is 5.91 Å². The normalized spacial score (nSPS) is 19.6. The fraction of sp³-hybridized carbons (Fsp3) is 0.500. The van der Waals surface area contributed by atoms with E-state index in [-0.39, 0.29) is 17.9 Å². The second kappa shape index (κ2) is 8.07. The van der Waals surface area contributed by atoms with Crippen molar-refractivity contribution >= 4 is 17.6 Å². The van der Waals surface area contributed by atoms with Gasteiger partial charge >= 0.3 is 0 Å². The van der Waals surface area contributed by atoms with Gasteiger partial charge in [0.1, 0.15) is 19.0 Å². The van der Waals surface area contributed by atoms with E-state index >= 15 is 0 Å². The van der Waals surface area contributed by atoms with E-state index in [4.69, 9.17) is 19.4 Å². The minimum atomic E-state index is -0.212. The molecule has 1 aromatic heterocycles. The Hall–Kier alpha value is -3.16. The van der Waals surface area contributed by atoms with Crippen molar-refractivity contribution in [1.82, 2.24) is 14.9 Å². The number of nitrogens with zero attached hydrogens (tertiary/aromatic N) is 4. The van der Waals surface area contributed by atoms with E-state index in [0.717, 1.165) is 24.1 Å². The third kappa shape index (κ3) is 3.57. The Morgan fingerprint density at radius 2 is 1.97 bits per heavy atom. The molecule has 32 heavy (non-hydrogen) atoms. The number of benzene rings is 1. The summed E-state index contributed by atoms with van der Waals surface area (Å²) in [7, 11) is 0. The Kier molecular flexibility index (Phi) is 5.23. The van der Waals surface area contributed by atoms with E-state index < -0.39 is 0 Å². The maximum atomic E-state index is 13.4. The number of aromatic nitrogens is 2. The van der Waals surface area contributed by atoms with E-state index in [2.05, 4.69) is 13.8 Å². The van der Waals surface area contributed by atoms with Crippen molar-refractivity contribution in [2.75, 3.05) is 31.2 Å². The lowest BCUT2D eigenvalue weighted by Gasteiger charge is -2.26. The van der Waals surface area contributed by atoms with E-state index in [1.807, 2.05) is 11.8 Å². The second-order valence-corrected chi connectivity index (χ2v) is 9.06. The standard InChI is InChI=1S/C24H28N4O4/c1-14(2)13-28-21(29)12-17-15(3)25-22(26-23(17)28)18-5-4-8-27(18)24(30)16-6-7-19-20(11-16)32-10-9-31-19/h6-7,11,14,18H,4-5,8-10,12-13H2,1-3H3. The van der Waals surface area contributed by atoms with Crippen molar-refractivity contribution < 1.29 is 19.1 Å². The van der Waals surface area contributed by atoms with Crippen LogP contribution in [0, 0.1) is 12.8 Å². The molecule has 0 bridgehead atoms. The van der Waals surface area contributed by atoms with Crippen molar-refractivity contribution in [3.63, 3.8) is 0 Å². The molecule has 4 heterocycles. The molecule has 0 radical (unpaired) electrons. The van der Waals surface area contributed by atoms with Crippen LogP contribution < -0.4 is 14.4 Å². The molecule has 1 atom stereocenters. The monoisotopic (exact) mass is 436 g/mol. The Labute approximate surface area is 187 Å². The van der Waals surface area contributed by atoms with Gasteiger partial charge < -0.3 is 14.4 Å². The van der Waals surface area contributed by atoms with Crippen LogP contribution in [-0.4, -0.2) is 53.0 Å². The van der Waals surface area contributed by atoms with Gasteiger partial charge in [0.05, 0.1) is 12.5 Å². The van der Waals surface area contributed by atoms with Crippen LogP contribution in [-0.2, 0) is 11.2 Å². The van der Waals surface area contributed by atoms with Crippen LogP contribution >= 0.6 is 0 Å². The lowest BCUT2D eigenvalue weighted by molar-refractivity contribution is -0.117. The number of carbonyl (C=O) groups is 2. The number of ether oxygens (including phenoxy) is 2. The number of carbonyl (C=O) groups excluding carboxylic acids is 2. The maximum Gasteiger partial charge on any atom is 0.254 e. The van der Waals surface area contributed by atoms with Crippen molar-refractivity contribution in [3.05, 3.63) is 40.8 Å². The molecule has 8 nitrogen and oxygen atoms in total. The summed E-state index contributed by atoms with van der Waals surface area (Å²) < 4.78 is 11.2. The first-order valence-electron chi connectivity index (χ1n) is 11.3. The van der Waals surface area contributed by atoms with Crippen molar-refractivity contribution in [2.24, 2.45) is 5.92 Å². The first-order chi connectivity index (χ1) is 15.4. The molecule has 3 aliphatic rings. The molecule has 5 rings (SSSR count). The number of likely N-dealkylation sites (tertiary alicyclic amines) is 1. The Morgan fingerprint density at radius 3 is 2.75 bits per heavy atom. The molecule has 1 fully saturated rings. The molecule has 1 unspecified atom stereocenters. The SMILES string of the molecule is Cc1nc(C2CCCN2C(=O)c2ccc3c(c2)OCCO3)nc2c1CC(=O)N2CC(C)C. The molecule has 0 aliphatic carbocycles. The zero-order valence-corrected chi connectivity index (χ0v) is 18.8. The lowest BCUT2D eigenvalue weighted by atomic mass is 10.1. The van der Waals surface area contributed by atoms with E-state index in [9.17, 15) is 9.59 Å². The number of fused-ring (bicyclic) bond motifs is 2. The van der Waals surface area contributed by atoms with Crippen molar-refractivity contribution in [3.8, 4) is 11.5 Å². The Bertz CT molecular complexity index is 1080. The summed E-state index contributed by atoms with van der Waals surface area (Å²) in [6.07, 6.45) is 2.03. The van der Waals surface area contributed by atoms with Gasteiger partial charge in [-0.05, 0) is 43.9 Å². The van der Waals surface area contributed by atoms with Gasteiger partial charge in [-0.25, -0.2) is 9.97 Å². The summed E-state index contributed by atoms with van der Waals surface area (Å²) in [4.78, 5) is 39.2. The fourth-order valence-electron chi connectivity index (χ4n) is 4.72. The van der Waals surface area contributed by atoms with Gasteiger partial charge in [-0.15, -0.1) is 0 Å². The smallest absolute Gasteiger partial charge is 0.254 e. The fourth-order valence-corrected chi connectivity index (χ4v) is 4.72. The summed E-state index contributed by atoms with van der Waals surface area (Å²) in [5.74, 6) is 2.94. The minimum Gasteiger partial charge on any atom is -0.486 e. The summed E-state index contributed by atoms with van der Waals surface area (Å²) >= 11 is 0. The van der Waals surface area contributed by atoms with Crippen LogP contribution in [0.25, 0.3) is 0 Å². The predicted molar refractivity (Wildman–Crippen MR) is 118 cm³/mol. The van der Waals surface area contributed by atoms with E-state index in [1.54, 1.807) is 23.1 Å². The molecule has 0 saturated carbocycles. The third-order valence-electron chi connectivity index (χ3n) is 6.24.